The van der Waals surface area contributed by atoms with Crippen LogP contribution < -0.4 is 14.8 Å². The third-order valence-corrected chi connectivity index (χ3v) is 3.00. The van der Waals surface area contributed by atoms with Gasteiger partial charge in [0, 0.05) is 12.6 Å². The SMILES string of the molecule is COc1ccc(C(C)NCCOC(C)(C)C)cc1OC. The summed E-state index contributed by atoms with van der Waals surface area (Å²) in [7, 11) is 3.29. The fourth-order valence-electron chi connectivity index (χ4n) is 1.87. The molecule has 0 heterocycles. The van der Waals surface area contributed by atoms with E-state index in [0.717, 1.165) is 18.0 Å². The second kappa shape index (κ2) is 7.50. The second-order valence-electron chi connectivity index (χ2n) is 5.75. The Morgan fingerprint density at radius 1 is 1.10 bits per heavy atom. The van der Waals surface area contributed by atoms with Crippen molar-refractivity contribution in [2.45, 2.75) is 39.3 Å². The molecule has 0 saturated heterocycles. The smallest absolute Gasteiger partial charge is 0.161 e. The number of benzene rings is 1. The molecule has 1 aromatic rings. The summed E-state index contributed by atoms with van der Waals surface area (Å²) in [5.41, 5.74) is 1.08. The molecule has 0 amide bonds. The van der Waals surface area contributed by atoms with E-state index >= 15 is 0 Å². The zero-order chi connectivity index (χ0) is 15.2. The van der Waals surface area contributed by atoms with Gasteiger partial charge in [0.05, 0.1) is 26.4 Å². The number of hydrogen-bond acceptors (Lipinski definition) is 4. The predicted molar refractivity (Wildman–Crippen MR) is 81.7 cm³/mol. The predicted octanol–water partition coefficient (Wildman–Crippen LogP) is 3.17. The Labute approximate surface area is 122 Å². The highest BCUT2D eigenvalue weighted by Crippen LogP contribution is 2.29. The molecule has 1 aromatic carbocycles. The number of methoxy groups -OCH3 is 2. The Morgan fingerprint density at radius 3 is 2.30 bits per heavy atom. The van der Waals surface area contributed by atoms with Gasteiger partial charge in [0.25, 0.3) is 0 Å². The van der Waals surface area contributed by atoms with E-state index in [4.69, 9.17) is 14.2 Å². The molecule has 1 N–H and O–H groups in total. The molecule has 0 aliphatic rings. The number of rotatable bonds is 7. The molecule has 1 rings (SSSR count). The van der Waals surface area contributed by atoms with E-state index in [1.54, 1.807) is 14.2 Å². The van der Waals surface area contributed by atoms with Gasteiger partial charge in [-0.1, -0.05) is 6.07 Å². The molecule has 0 aliphatic heterocycles. The average Bonchev–Trinajstić information content (AvgIpc) is 2.41. The topological polar surface area (TPSA) is 39.7 Å². The molecule has 0 aliphatic carbocycles. The monoisotopic (exact) mass is 281 g/mol. The highest BCUT2D eigenvalue weighted by molar-refractivity contribution is 5.43. The summed E-state index contributed by atoms with van der Waals surface area (Å²) in [5.74, 6) is 1.50. The van der Waals surface area contributed by atoms with Gasteiger partial charge >= 0.3 is 0 Å². The maximum absolute atomic E-state index is 5.69. The maximum atomic E-state index is 5.69. The van der Waals surface area contributed by atoms with Gasteiger partial charge in [-0.25, -0.2) is 0 Å². The van der Waals surface area contributed by atoms with E-state index < -0.39 is 0 Å². The van der Waals surface area contributed by atoms with Crippen molar-refractivity contribution in [2.75, 3.05) is 27.4 Å². The molecule has 4 nitrogen and oxygen atoms in total. The largest absolute Gasteiger partial charge is 0.493 e. The number of ether oxygens (including phenoxy) is 3. The first kappa shape index (κ1) is 16.8. The van der Waals surface area contributed by atoms with Gasteiger partial charge in [-0.15, -0.1) is 0 Å². The van der Waals surface area contributed by atoms with Crippen LogP contribution in [0.1, 0.15) is 39.3 Å². The summed E-state index contributed by atoms with van der Waals surface area (Å²) in [6.45, 7) is 9.81. The fraction of sp³-hybridized carbons (Fsp3) is 0.625. The van der Waals surface area contributed by atoms with Crippen LogP contribution in [0.2, 0.25) is 0 Å². The third kappa shape index (κ3) is 5.39. The van der Waals surface area contributed by atoms with Crippen molar-refractivity contribution in [3.8, 4) is 11.5 Å². The van der Waals surface area contributed by atoms with Gasteiger partial charge in [0.1, 0.15) is 0 Å². The molecule has 0 spiro atoms. The van der Waals surface area contributed by atoms with Crippen LogP contribution in [-0.4, -0.2) is 33.0 Å². The standard InChI is InChI=1S/C16H27NO3/c1-12(17-9-10-20-16(2,3)4)13-7-8-14(18-5)15(11-13)19-6/h7-8,11-12,17H,9-10H2,1-6H3. The lowest BCUT2D eigenvalue weighted by Gasteiger charge is -2.21. The molecule has 1 unspecified atom stereocenters. The highest BCUT2D eigenvalue weighted by atomic mass is 16.5. The molecule has 0 fully saturated rings. The van der Waals surface area contributed by atoms with Crippen LogP contribution >= 0.6 is 0 Å². The van der Waals surface area contributed by atoms with Crippen LogP contribution in [0.15, 0.2) is 18.2 Å². The summed E-state index contributed by atoms with van der Waals surface area (Å²) in [5, 5.41) is 3.44. The normalized spacial score (nSPS) is 13.1. The first-order valence-electron chi connectivity index (χ1n) is 6.96. The molecule has 0 bridgehead atoms. The van der Waals surface area contributed by atoms with Crippen molar-refractivity contribution in [3.05, 3.63) is 23.8 Å². The molecule has 0 aromatic heterocycles. The molecular formula is C16H27NO3. The minimum absolute atomic E-state index is 0.0890. The van der Waals surface area contributed by atoms with Gasteiger partial charge < -0.3 is 19.5 Å². The number of hydrogen-bond donors (Lipinski definition) is 1. The Balaban J connectivity index is 2.53. The average molecular weight is 281 g/mol. The molecule has 4 heteroatoms. The zero-order valence-electron chi connectivity index (χ0n) is 13.4. The van der Waals surface area contributed by atoms with Crippen molar-refractivity contribution in [1.82, 2.24) is 5.32 Å². The summed E-state index contributed by atoms with van der Waals surface area (Å²) in [6.07, 6.45) is 0. The van der Waals surface area contributed by atoms with Crippen LogP contribution in [-0.2, 0) is 4.74 Å². The van der Waals surface area contributed by atoms with Crippen molar-refractivity contribution < 1.29 is 14.2 Å². The lowest BCUT2D eigenvalue weighted by molar-refractivity contribution is -0.00149. The van der Waals surface area contributed by atoms with Gasteiger partial charge in [-0.05, 0) is 45.4 Å². The Bertz CT molecular complexity index is 413. The summed E-state index contributed by atoms with van der Waals surface area (Å²) in [6, 6.07) is 6.21. The van der Waals surface area contributed by atoms with Crippen molar-refractivity contribution in [3.63, 3.8) is 0 Å². The van der Waals surface area contributed by atoms with Crippen LogP contribution in [0.25, 0.3) is 0 Å². The first-order valence-corrected chi connectivity index (χ1v) is 6.96. The Morgan fingerprint density at radius 2 is 1.75 bits per heavy atom. The second-order valence-corrected chi connectivity index (χ2v) is 5.75. The van der Waals surface area contributed by atoms with E-state index in [9.17, 15) is 0 Å². The van der Waals surface area contributed by atoms with Gasteiger partial charge in [-0.2, -0.15) is 0 Å². The van der Waals surface area contributed by atoms with E-state index in [2.05, 4.69) is 33.0 Å². The lowest BCUT2D eigenvalue weighted by atomic mass is 10.1. The van der Waals surface area contributed by atoms with Gasteiger partial charge in [-0.3, -0.25) is 0 Å². The summed E-state index contributed by atoms with van der Waals surface area (Å²) >= 11 is 0. The zero-order valence-corrected chi connectivity index (χ0v) is 13.4. The van der Waals surface area contributed by atoms with Gasteiger partial charge in [0.15, 0.2) is 11.5 Å². The molecular weight excluding hydrogens is 254 g/mol. The molecule has 20 heavy (non-hydrogen) atoms. The van der Waals surface area contributed by atoms with E-state index in [0.29, 0.717) is 6.61 Å². The maximum Gasteiger partial charge on any atom is 0.161 e. The minimum atomic E-state index is -0.0890. The van der Waals surface area contributed by atoms with Crippen LogP contribution in [0.3, 0.4) is 0 Å². The lowest BCUT2D eigenvalue weighted by Crippen LogP contribution is -2.28. The fourth-order valence-corrected chi connectivity index (χ4v) is 1.87. The molecule has 1 atom stereocenters. The van der Waals surface area contributed by atoms with E-state index in [1.165, 1.54) is 5.56 Å². The van der Waals surface area contributed by atoms with Crippen LogP contribution in [0, 0.1) is 0 Å². The van der Waals surface area contributed by atoms with Crippen molar-refractivity contribution >= 4 is 0 Å². The molecule has 114 valence electrons. The van der Waals surface area contributed by atoms with E-state index in [-0.39, 0.29) is 11.6 Å². The third-order valence-electron chi connectivity index (χ3n) is 3.00. The number of nitrogens with one attached hydrogen (secondary N) is 1. The summed E-state index contributed by atoms with van der Waals surface area (Å²) < 4.78 is 16.3. The quantitative estimate of drug-likeness (QED) is 0.779. The Hall–Kier alpha value is -1.26. The first-order chi connectivity index (χ1) is 9.37. The minimum Gasteiger partial charge on any atom is -0.493 e. The van der Waals surface area contributed by atoms with Crippen LogP contribution in [0.5, 0.6) is 11.5 Å². The summed E-state index contributed by atoms with van der Waals surface area (Å²) in [4.78, 5) is 0. The molecule has 0 saturated carbocycles. The van der Waals surface area contributed by atoms with Crippen molar-refractivity contribution in [2.24, 2.45) is 0 Å². The molecule has 0 radical (unpaired) electrons. The highest BCUT2D eigenvalue weighted by Gasteiger charge is 2.11. The van der Waals surface area contributed by atoms with Gasteiger partial charge in [0.2, 0.25) is 0 Å². The van der Waals surface area contributed by atoms with Crippen LogP contribution in [0.4, 0.5) is 0 Å². The van der Waals surface area contributed by atoms with Crippen molar-refractivity contribution in [1.29, 1.82) is 0 Å². The van der Waals surface area contributed by atoms with E-state index in [1.807, 2.05) is 18.2 Å². The Kier molecular flexibility index (Phi) is 6.30.